The first-order chi connectivity index (χ1) is 9.47. The zero-order valence-electron chi connectivity index (χ0n) is 10.5. The molecule has 2 rings (SSSR count). The summed E-state index contributed by atoms with van der Waals surface area (Å²) in [5.74, 6) is -0.983. The standard InChI is InChI=1S/C14H11BrF2N2O/c1-8-10(16)3-2-4-12(8)18-14(20)19-13-6-5-9(15)7-11(13)17/h2-7H,1H3,(H2,18,19,20). The van der Waals surface area contributed by atoms with Gasteiger partial charge in [-0.25, -0.2) is 13.6 Å². The van der Waals surface area contributed by atoms with Crippen LogP contribution in [0.1, 0.15) is 5.56 Å². The molecule has 0 saturated carbocycles. The molecule has 0 aliphatic carbocycles. The van der Waals surface area contributed by atoms with E-state index in [0.29, 0.717) is 15.7 Å². The summed E-state index contributed by atoms with van der Waals surface area (Å²) in [7, 11) is 0. The Morgan fingerprint density at radius 2 is 1.75 bits per heavy atom. The van der Waals surface area contributed by atoms with Crippen molar-refractivity contribution in [1.29, 1.82) is 0 Å². The van der Waals surface area contributed by atoms with Gasteiger partial charge in [0.25, 0.3) is 0 Å². The maximum Gasteiger partial charge on any atom is 0.323 e. The maximum atomic E-state index is 13.6. The first kappa shape index (κ1) is 14.5. The van der Waals surface area contributed by atoms with Gasteiger partial charge in [0.1, 0.15) is 11.6 Å². The fourth-order valence-corrected chi connectivity index (χ4v) is 1.94. The lowest BCUT2D eigenvalue weighted by atomic mass is 10.2. The van der Waals surface area contributed by atoms with Gasteiger partial charge in [-0.05, 0) is 37.3 Å². The molecule has 0 aliphatic rings. The van der Waals surface area contributed by atoms with E-state index in [2.05, 4.69) is 26.6 Å². The van der Waals surface area contributed by atoms with Crippen molar-refractivity contribution in [3.8, 4) is 0 Å². The van der Waals surface area contributed by atoms with Crippen LogP contribution in [-0.2, 0) is 0 Å². The lowest BCUT2D eigenvalue weighted by Crippen LogP contribution is -2.20. The Morgan fingerprint density at radius 3 is 2.45 bits per heavy atom. The number of rotatable bonds is 2. The predicted octanol–water partition coefficient (Wildman–Crippen LogP) is 4.68. The lowest BCUT2D eigenvalue weighted by molar-refractivity contribution is 0.262. The highest BCUT2D eigenvalue weighted by molar-refractivity contribution is 9.10. The normalized spacial score (nSPS) is 10.2. The SMILES string of the molecule is Cc1c(F)cccc1NC(=O)Nc1ccc(Br)cc1F. The van der Waals surface area contributed by atoms with Crippen LogP contribution in [0, 0.1) is 18.6 Å². The molecule has 0 aromatic heterocycles. The van der Waals surface area contributed by atoms with E-state index in [9.17, 15) is 13.6 Å². The van der Waals surface area contributed by atoms with Gasteiger partial charge in [-0.2, -0.15) is 0 Å². The van der Waals surface area contributed by atoms with E-state index >= 15 is 0 Å². The number of urea groups is 1. The van der Waals surface area contributed by atoms with Crippen LogP contribution in [0.3, 0.4) is 0 Å². The minimum Gasteiger partial charge on any atom is -0.307 e. The number of amides is 2. The summed E-state index contributed by atoms with van der Waals surface area (Å²) >= 11 is 3.12. The molecular formula is C14H11BrF2N2O. The zero-order chi connectivity index (χ0) is 14.7. The van der Waals surface area contributed by atoms with Gasteiger partial charge in [-0.15, -0.1) is 0 Å². The van der Waals surface area contributed by atoms with Crippen LogP contribution in [0.5, 0.6) is 0 Å². The van der Waals surface area contributed by atoms with Crippen molar-refractivity contribution in [3.05, 3.63) is 58.1 Å². The zero-order valence-corrected chi connectivity index (χ0v) is 12.1. The molecule has 0 heterocycles. The van der Waals surface area contributed by atoms with Crippen LogP contribution >= 0.6 is 15.9 Å². The second kappa shape index (κ2) is 6.00. The highest BCUT2D eigenvalue weighted by atomic mass is 79.9. The van der Waals surface area contributed by atoms with E-state index in [1.165, 1.54) is 24.3 Å². The summed E-state index contributed by atoms with van der Waals surface area (Å²) in [5.41, 5.74) is 0.693. The molecule has 0 aliphatic heterocycles. The van der Waals surface area contributed by atoms with Gasteiger partial charge in [0.05, 0.1) is 5.69 Å². The Kier molecular flexibility index (Phi) is 4.34. The lowest BCUT2D eigenvalue weighted by Gasteiger charge is -2.11. The van der Waals surface area contributed by atoms with E-state index in [1.807, 2.05) is 0 Å². The topological polar surface area (TPSA) is 41.1 Å². The van der Waals surface area contributed by atoms with Crippen molar-refractivity contribution < 1.29 is 13.6 Å². The van der Waals surface area contributed by atoms with Crippen LogP contribution in [0.25, 0.3) is 0 Å². The first-order valence-electron chi connectivity index (χ1n) is 5.75. The number of carbonyl (C=O) groups excluding carboxylic acids is 1. The molecule has 3 nitrogen and oxygen atoms in total. The van der Waals surface area contributed by atoms with Crippen LogP contribution in [0.4, 0.5) is 25.0 Å². The predicted molar refractivity (Wildman–Crippen MR) is 77.9 cm³/mol. The molecule has 20 heavy (non-hydrogen) atoms. The third-order valence-corrected chi connectivity index (χ3v) is 3.19. The molecule has 0 fully saturated rings. The van der Waals surface area contributed by atoms with E-state index in [4.69, 9.17) is 0 Å². The smallest absolute Gasteiger partial charge is 0.307 e. The third-order valence-electron chi connectivity index (χ3n) is 2.70. The van der Waals surface area contributed by atoms with Crippen LogP contribution in [-0.4, -0.2) is 6.03 Å². The van der Waals surface area contributed by atoms with Gasteiger partial charge < -0.3 is 10.6 Å². The molecule has 2 amide bonds. The largest absolute Gasteiger partial charge is 0.323 e. The summed E-state index contributed by atoms with van der Waals surface area (Å²) in [6, 6.07) is 7.98. The maximum absolute atomic E-state index is 13.6. The molecule has 2 N–H and O–H groups in total. The first-order valence-corrected chi connectivity index (χ1v) is 6.55. The average molecular weight is 341 g/mol. The molecule has 2 aromatic carbocycles. The molecule has 6 heteroatoms. The quantitative estimate of drug-likeness (QED) is 0.818. The second-order valence-electron chi connectivity index (χ2n) is 4.12. The van der Waals surface area contributed by atoms with Gasteiger partial charge >= 0.3 is 6.03 Å². The highest BCUT2D eigenvalue weighted by Gasteiger charge is 2.10. The highest BCUT2D eigenvalue weighted by Crippen LogP contribution is 2.21. The molecule has 0 unspecified atom stereocenters. The monoisotopic (exact) mass is 340 g/mol. The van der Waals surface area contributed by atoms with Gasteiger partial charge in [-0.3, -0.25) is 0 Å². The summed E-state index contributed by atoms with van der Waals surface area (Å²) in [5, 5.41) is 4.84. The number of nitrogens with one attached hydrogen (secondary N) is 2. The molecule has 104 valence electrons. The van der Waals surface area contributed by atoms with Crippen LogP contribution < -0.4 is 10.6 Å². The molecule has 0 bridgehead atoms. The Balaban J connectivity index is 2.11. The Bertz CT molecular complexity index is 662. The van der Waals surface area contributed by atoms with E-state index in [1.54, 1.807) is 19.1 Å². The molecule has 0 spiro atoms. The number of hydrogen-bond acceptors (Lipinski definition) is 1. The molecule has 2 aromatic rings. The Hall–Kier alpha value is -1.95. The van der Waals surface area contributed by atoms with Crippen molar-refractivity contribution in [2.24, 2.45) is 0 Å². The summed E-state index contributed by atoms with van der Waals surface area (Å²) in [4.78, 5) is 11.8. The number of anilines is 2. The number of benzene rings is 2. The number of carbonyl (C=O) groups is 1. The van der Waals surface area contributed by atoms with Crippen molar-refractivity contribution in [2.45, 2.75) is 6.92 Å². The van der Waals surface area contributed by atoms with E-state index in [-0.39, 0.29) is 5.69 Å². The van der Waals surface area contributed by atoms with Gasteiger partial charge in [-0.1, -0.05) is 22.0 Å². The van der Waals surface area contributed by atoms with E-state index in [0.717, 1.165) is 0 Å². The molecule has 0 saturated heterocycles. The molecule has 0 atom stereocenters. The van der Waals surface area contributed by atoms with Crippen molar-refractivity contribution in [3.63, 3.8) is 0 Å². The number of hydrogen-bond donors (Lipinski definition) is 2. The Labute approximate surface area is 123 Å². The van der Waals surface area contributed by atoms with Gasteiger partial charge in [0, 0.05) is 15.7 Å². The summed E-state index contributed by atoms with van der Waals surface area (Å²) in [6.45, 7) is 1.55. The number of halogens is 3. The minimum atomic E-state index is -0.639. The Morgan fingerprint density at radius 1 is 1.05 bits per heavy atom. The average Bonchev–Trinajstić information content (AvgIpc) is 2.38. The summed E-state index contributed by atoms with van der Waals surface area (Å²) < 4.78 is 27.5. The molecule has 0 radical (unpaired) electrons. The van der Waals surface area contributed by atoms with E-state index < -0.39 is 17.7 Å². The van der Waals surface area contributed by atoms with Crippen LogP contribution in [0.2, 0.25) is 0 Å². The second-order valence-corrected chi connectivity index (χ2v) is 5.03. The molecular weight excluding hydrogens is 330 g/mol. The fraction of sp³-hybridized carbons (Fsp3) is 0.0714. The third kappa shape index (κ3) is 3.33. The van der Waals surface area contributed by atoms with Crippen molar-refractivity contribution >= 4 is 33.3 Å². The van der Waals surface area contributed by atoms with Crippen molar-refractivity contribution in [1.82, 2.24) is 0 Å². The fourth-order valence-electron chi connectivity index (χ4n) is 1.61. The van der Waals surface area contributed by atoms with Gasteiger partial charge in [0.2, 0.25) is 0 Å². The van der Waals surface area contributed by atoms with Gasteiger partial charge in [0.15, 0.2) is 0 Å². The summed E-state index contributed by atoms with van der Waals surface area (Å²) in [6.07, 6.45) is 0. The van der Waals surface area contributed by atoms with Crippen LogP contribution in [0.15, 0.2) is 40.9 Å². The van der Waals surface area contributed by atoms with Crippen molar-refractivity contribution in [2.75, 3.05) is 10.6 Å². The minimum absolute atomic E-state index is 0.0414.